The quantitative estimate of drug-likeness (QED) is 0.670. The first kappa shape index (κ1) is 24.2. The lowest BCUT2D eigenvalue weighted by molar-refractivity contribution is -0.275. The predicted molar refractivity (Wildman–Crippen MR) is 117 cm³/mol. The lowest BCUT2D eigenvalue weighted by atomic mass is 9.89. The molecule has 11 heteroatoms. The maximum Gasteiger partial charge on any atom is 0.573 e. The molecule has 1 fully saturated rings. The number of rotatable bonds is 5. The van der Waals surface area contributed by atoms with Gasteiger partial charge in [0.1, 0.15) is 17.1 Å². The first-order chi connectivity index (χ1) is 15.6. The Morgan fingerprint density at radius 3 is 2.68 bits per heavy atom. The number of halogens is 3. The van der Waals surface area contributed by atoms with Crippen molar-refractivity contribution in [1.29, 1.82) is 0 Å². The van der Waals surface area contributed by atoms with Gasteiger partial charge >= 0.3 is 6.36 Å². The fourth-order valence-electron chi connectivity index (χ4n) is 4.71. The second kappa shape index (κ2) is 8.06. The maximum atomic E-state index is 13.0. The SMILES string of the molecule is CC1(C)CC(=O)N(CC2CC2C(=O)N[C@H]2CC(C)(C)Oc3cccc(OC(F)(F)F)c32)C(N)=N1. The molecule has 3 aliphatic rings. The highest BCUT2D eigenvalue weighted by Crippen LogP contribution is 2.47. The highest BCUT2D eigenvalue weighted by molar-refractivity contribution is 5.99. The van der Waals surface area contributed by atoms with Crippen LogP contribution < -0.4 is 20.5 Å². The number of benzene rings is 1. The molecule has 2 aliphatic heterocycles. The average Bonchev–Trinajstić information content (AvgIpc) is 3.41. The molecule has 1 aromatic rings. The number of carbonyl (C=O) groups is 2. The molecule has 0 aromatic heterocycles. The molecule has 4 rings (SSSR count). The van der Waals surface area contributed by atoms with Crippen LogP contribution in [0.25, 0.3) is 0 Å². The Bertz CT molecular complexity index is 1040. The fraction of sp³-hybridized carbons (Fsp3) is 0.609. The van der Waals surface area contributed by atoms with Crippen LogP contribution in [0.15, 0.2) is 23.2 Å². The molecule has 0 spiro atoms. The van der Waals surface area contributed by atoms with Crippen molar-refractivity contribution in [2.45, 2.75) is 70.5 Å². The van der Waals surface area contributed by atoms with Crippen molar-refractivity contribution in [3.63, 3.8) is 0 Å². The number of nitrogens with one attached hydrogen (secondary N) is 1. The first-order valence-corrected chi connectivity index (χ1v) is 11.2. The van der Waals surface area contributed by atoms with Crippen LogP contribution in [0.4, 0.5) is 13.2 Å². The average molecular weight is 483 g/mol. The molecule has 1 aliphatic carbocycles. The van der Waals surface area contributed by atoms with E-state index in [1.54, 1.807) is 19.9 Å². The van der Waals surface area contributed by atoms with Gasteiger partial charge in [-0.15, -0.1) is 13.2 Å². The highest BCUT2D eigenvalue weighted by atomic mass is 19.4. The van der Waals surface area contributed by atoms with Crippen molar-refractivity contribution >= 4 is 17.8 Å². The largest absolute Gasteiger partial charge is 0.573 e. The molecule has 0 radical (unpaired) electrons. The van der Waals surface area contributed by atoms with Gasteiger partial charge in [0.2, 0.25) is 11.8 Å². The Balaban J connectivity index is 1.48. The molecular weight excluding hydrogens is 453 g/mol. The molecule has 3 atom stereocenters. The van der Waals surface area contributed by atoms with Crippen LogP contribution in [0.2, 0.25) is 0 Å². The van der Waals surface area contributed by atoms with Crippen LogP contribution in [0.5, 0.6) is 11.5 Å². The van der Waals surface area contributed by atoms with Crippen LogP contribution in [-0.4, -0.2) is 46.7 Å². The van der Waals surface area contributed by atoms with E-state index in [-0.39, 0.29) is 60.3 Å². The lowest BCUT2D eigenvalue weighted by Crippen LogP contribution is -2.50. The number of nitrogens with zero attached hydrogens (tertiary/aromatic N) is 2. The summed E-state index contributed by atoms with van der Waals surface area (Å²) in [4.78, 5) is 31.3. The topological polar surface area (TPSA) is 106 Å². The van der Waals surface area contributed by atoms with Crippen molar-refractivity contribution in [1.82, 2.24) is 10.2 Å². The van der Waals surface area contributed by atoms with E-state index in [0.717, 1.165) is 0 Å². The van der Waals surface area contributed by atoms with E-state index < -0.39 is 29.3 Å². The van der Waals surface area contributed by atoms with Gasteiger partial charge in [0.15, 0.2) is 5.96 Å². The van der Waals surface area contributed by atoms with Crippen molar-refractivity contribution < 1.29 is 32.2 Å². The molecule has 186 valence electrons. The Kier molecular flexibility index (Phi) is 5.72. The Morgan fingerprint density at radius 2 is 2.03 bits per heavy atom. The molecule has 34 heavy (non-hydrogen) atoms. The molecule has 0 bridgehead atoms. The minimum atomic E-state index is -4.88. The number of aliphatic imine (C=N–C) groups is 1. The number of carbonyl (C=O) groups excluding carboxylic acids is 2. The first-order valence-electron chi connectivity index (χ1n) is 11.2. The summed E-state index contributed by atoms with van der Waals surface area (Å²) in [5, 5.41) is 2.89. The maximum absolute atomic E-state index is 13.0. The summed E-state index contributed by atoms with van der Waals surface area (Å²) in [7, 11) is 0. The summed E-state index contributed by atoms with van der Waals surface area (Å²) >= 11 is 0. The summed E-state index contributed by atoms with van der Waals surface area (Å²) in [6, 6.07) is 3.46. The summed E-state index contributed by atoms with van der Waals surface area (Å²) in [5.74, 6) is -0.932. The molecule has 2 amide bonds. The van der Waals surface area contributed by atoms with Crippen molar-refractivity contribution in [2.24, 2.45) is 22.6 Å². The summed E-state index contributed by atoms with van der Waals surface area (Å²) < 4.78 is 49.0. The summed E-state index contributed by atoms with van der Waals surface area (Å²) in [6.45, 7) is 7.54. The van der Waals surface area contributed by atoms with Crippen LogP contribution in [0, 0.1) is 11.8 Å². The van der Waals surface area contributed by atoms with Gasteiger partial charge in [-0.1, -0.05) is 6.07 Å². The molecule has 2 unspecified atom stereocenters. The van der Waals surface area contributed by atoms with E-state index in [4.69, 9.17) is 10.5 Å². The lowest BCUT2D eigenvalue weighted by Gasteiger charge is -2.38. The molecule has 1 saturated carbocycles. The smallest absolute Gasteiger partial charge is 0.487 e. The van der Waals surface area contributed by atoms with E-state index in [1.807, 2.05) is 13.8 Å². The zero-order valence-corrected chi connectivity index (χ0v) is 19.5. The van der Waals surface area contributed by atoms with Crippen molar-refractivity contribution in [3.8, 4) is 11.5 Å². The van der Waals surface area contributed by atoms with Gasteiger partial charge < -0.3 is 20.5 Å². The van der Waals surface area contributed by atoms with Crippen LogP contribution in [-0.2, 0) is 9.59 Å². The number of hydrogen-bond acceptors (Lipinski definition) is 6. The van der Waals surface area contributed by atoms with E-state index in [0.29, 0.717) is 6.42 Å². The third-order valence-corrected chi connectivity index (χ3v) is 6.25. The van der Waals surface area contributed by atoms with Gasteiger partial charge in [-0.05, 0) is 52.2 Å². The summed E-state index contributed by atoms with van der Waals surface area (Å²) in [5.41, 5.74) is 4.87. The standard InChI is InChI=1S/C23H29F3N4O4/c1-21(2)10-17(31)30(20(27)29-21)11-12-8-13(12)19(32)28-14-9-22(3,4)33-15-6-5-7-16(18(14)15)34-23(24,25)26/h5-7,12-14H,8-11H2,1-4H3,(H2,27,29)(H,28,32)/t12?,13?,14-/m0/s1. The van der Waals surface area contributed by atoms with Crippen LogP contribution >= 0.6 is 0 Å². The van der Waals surface area contributed by atoms with Gasteiger partial charge in [0, 0.05) is 18.9 Å². The minimum absolute atomic E-state index is 0.104. The van der Waals surface area contributed by atoms with E-state index >= 15 is 0 Å². The fourth-order valence-corrected chi connectivity index (χ4v) is 4.71. The van der Waals surface area contributed by atoms with E-state index in [9.17, 15) is 22.8 Å². The number of hydrogen-bond donors (Lipinski definition) is 2. The highest BCUT2D eigenvalue weighted by Gasteiger charge is 2.48. The third kappa shape index (κ3) is 5.23. The molecule has 8 nitrogen and oxygen atoms in total. The van der Waals surface area contributed by atoms with Crippen molar-refractivity contribution in [2.75, 3.05) is 6.54 Å². The Labute approximate surface area is 195 Å². The van der Waals surface area contributed by atoms with E-state index in [2.05, 4.69) is 15.0 Å². The monoisotopic (exact) mass is 482 g/mol. The zero-order chi connectivity index (χ0) is 25.1. The van der Waals surface area contributed by atoms with Crippen LogP contribution in [0.3, 0.4) is 0 Å². The molecular formula is C23H29F3N4O4. The number of alkyl halides is 3. The van der Waals surface area contributed by atoms with Gasteiger partial charge in [-0.3, -0.25) is 14.5 Å². The number of ether oxygens (including phenoxy) is 2. The van der Waals surface area contributed by atoms with E-state index in [1.165, 1.54) is 17.0 Å². The Morgan fingerprint density at radius 1 is 1.32 bits per heavy atom. The van der Waals surface area contributed by atoms with Gasteiger partial charge in [0.05, 0.1) is 23.6 Å². The molecule has 3 N–H and O–H groups in total. The predicted octanol–water partition coefficient (Wildman–Crippen LogP) is 3.27. The Hall–Kier alpha value is -2.98. The third-order valence-electron chi connectivity index (χ3n) is 6.25. The van der Waals surface area contributed by atoms with Crippen molar-refractivity contribution in [3.05, 3.63) is 23.8 Å². The number of amides is 2. The molecule has 2 heterocycles. The second-order valence-electron chi connectivity index (χ2n) is 10.4. The van der Waals surface area contributed by atoms with Crippen LogP contribution in [0.1, 0.15) is 58.6 Å². The molecule has 1 aromatic carbocycles. The minimum Gasteiger partial charge on any atom is -0.487 e. The van der Waals surface area contributed by atoms with Gasteiger partial charge in [-0.2, -0.15) is 0 Å². The molecule has 0 saturated heterocycles. The number of nitrogens with two attached hydrogens (primary N) is 1. The number of fused-ring (bicyclic) bond motifs is 1. The number of guanidine groups is 1. The van der Waals surface area contributed by atoms with Gasteiger partial charge in [-0.25, -0.2) is 4.99 Å². The zero-order valence-electron chi connectivity index (χ0n) is 19.5. The van der Waals surface area contributed by atoms with Gasteiger partial charge in [0.25, 0.3) is 0 Å². The second-order valence-corrected chi connectivity index (χ2v) is 10.4. The summed E-state index contributed by atoms with van der Waals surface area (Å²) in [6.07, 6.45) is -3.84. The normalized spacial score (nSPS) is 27.3.